The maximum atomic E-state index is 6.52. The molecule has 0 aliphatic carbocycles. The van der Waals surface area contributed by atoms with E-state index >= 15 is 0 Å². The van der Waals surface area contributed by atoms with E-state index in [0.717, 1.165) is 11.3 Å². The summed E-state index contributed by atoms with van der Waals surface area (Å²) in [5.41, 5.74) is 2.78. The van der Waals surface area contributed by atoms with Gasteiger partial charge < -0.3 is 10.1 Å². The van der Waals surface area contributed by atoms with Gasteiger partial charge in [-0.15, -0.1) is 0 Å². The molecule has 0 saturated heterocycles. The summed E-state index contributed by atoms with van der Waals surface area (Å²) in [5, 5.41) is 10.6. The molecule has 0 radical (unpaired) electrons. The van der Waals surface area contributed by atoms with Crippen LogP contribution in [0.3, 0.4) is 0 Å². The number of likely N-dealkylation sites (N-methyl/N-ethyl adjacent to an activating group) is 1. The molecule has 0 spiro atoms. The first-order valence-corrected chi connectivity index (χ1v) is 9.06. The molecular formula is C22H27N3O. The van der Waals surface area contributed by atoms with Crippen molar-refractivity contribution in [3.63, 3.8) is 0 Å². The van der Waals surface area contributed by atoms with Crippen molar-refractivity contribution < 1.29 is 4.74 Å². The molecule has 1 heterocycles. The number of nitrogens with zero attached hydrogens (tertiary/aromatic N) is 1. The molecule has 2 N–H and O–H groups in total. The van der Waals surface area contributed by atoms with Crippen LogP contribution in [0, 0.1) is 0 Å². The van der Waals surface area contributed by atoms with Crippen LogP contribution in [0.4, 0.5) is 0 Å². The molecule has 4 heteroatoms. The summed E-state index contributed by atoms with van der Waals surface area (Å²) in [4.78, 5) is 0. The van der Waals surface area contributed by atoms with E-state index < -0.39 is 5.60 Å². The highest BCUT2D eigenvalue weighted by molar-refractivity contribution is 5.31. The van der Waals surface area contributed by atoms with Gasteiger partial charge in [0.25, 0.3) is 0 Å². The largest absolute Gasteiger partial charge is 0.363 e. The number of benzene rings is 2. The number of aromatic amines is 1. The molecule has 136 valence electrons. The van der Waals surface area contributed by atoms with Crippen LogP contribution in [-0.4, -0.2) is 29.9 Å². The number of ether oxygens (including phenoxy) is 1. The van der Waals surface area contributed by atoms with Gasteiger partial charge >= 0.3 is 0 Å². The van der Waals surface area contributed by atoms with Gasteiger partial charge in [0, 0.05) is 12.2 Å². The summed E-state index contributed by atoms with van der Waals surface area (Å²) in [6.45, 7) is 4.91. The van der Waals surface area contributed by atoms with Gasteiger partial charge in [0.2, 0.25) is 0 Å². The third-order valence-electron chi connectivity index (χ3n) is 5.19. The topological polar surface area (TPSA) is 49.9 Å². The fourth-order valence-electron chi connectivity index (χ4n) is 3.32. The lowest BCUT2D eigenvalue weighted by atomic mass is 9.91. The van der Waals surface area contributed by atoms with Crippen LogP contribution in [0.1, 0.15) is 36.6 Å². The minimum Gasteiger partial charge on any atom is -0.363 e. The molecule has 26 heavy (non-hydrogen) atoms. The second kappa shape index (κ2) is 8.30. The summed E-state index contributed by atoms with van der Waals surface area (Å²) in [7, 11) is 1.99. The lowest BCUT2D eigenvalue weighted by molar-refractivity contribution is -0.0205. The van der Waals surface area contributed by atoms with E-state index in [2.05, 4.69) is 65.8 Å². The molecule has 3 rings (SSSR count). The van der Waals surface area contributed by atoms with Gasteiger partial charge in [-0.2, -0.15) is 5.10 Å². The molecule has 3 atom stereocenters. The van der Waals surface area contributed by atoms with E-state index in [1.54, 1.807) is 6.20 Å². The minimum atomic E-state index is -0.580. The van der Waals surface area contributed by atoms with Crippen molar-refractivity contribution in [2.75, 3.05) is 13.7 Å². The molecule has 3 unspecified atom stereocenters. The van der Waals surface area contributed by atoms with Gasteiger partial charge in [0.15, 0.2) is 0 Å². The first-order valence-electron chi connectivity index (χ1n) is 9.06. The van der Waals surface area contributed by atoms with Gasteiger partial charge in [0.05, 0.1) is 12.3 Å². The monoisotopic (exact) mass is 349 g/mol. The number of hydrogen-bond acceptors (Lipinski definition) is 3. The molecule has 0 fully saturated rings. The lowest BCUT2D eigenvalue weighted by Crippen LogP contribution is -2.39. The summed E-state index contributed by atoms with van der Waals surface area (Å²) < 4.78 is 6.52. The third-order valence-corrected chi connectivity index (χ3v) is 5.19. The van der Waals surface area contributed by atoms with Crippen molar-refractivity contribution in [2.45, 2.75) is 31.4 Å². The average Bonchev–Trinajstić information content (AvgIpc) is 3.25. The fraction of sp³-hybridized carbons (Fsp3) is 0.318. The second-order valence-corrected chi connectivity index (χ2v) is 6.78. The molecule has 0 saturated carbocycles. The molecule has 4 nitrogen and oxygen atoms in total. The van der Waals surface area contributed by atoms with Crippen LogP contribution in [0.15, 0.2) is 72.9 Å². The van der Waals surface area contributed by atoms with Gasteiger partial charge in [0.1, 0.15) is 5.60 Å². The Morgan fingerprint density at radius 3 is 2.27 bits per heavy atom. The summed E-state index contributed by atoms with van der Waals surface area (Å²) in [5.74, 6) is 0.336. The standard InChI is InChI=1S/C22H27N3O/c1-17(18-10-6-4-7-11-18)20(23-3)16-26-22(2,21-14-15-24-25-21)19-12-8-5-9-13-19/h4-15,17,20,23H,16H2,1-3H3,(H,24,25). The van der Waals surface area contributed by atoms with E-state index in [0.29, 0.717) is 12.5 Å². The Hall–Kier alpha value is -2.43. The Kier molecular flexibility index (Phi) is 5.86. The Balaban J connectivity index is 1.81. The highest BCUT2D eigenvalue weighted by Crippen LogP contribution is 2.33. The van der Waals surface area contributed by atoms with Crippen LogP contribution >= 0.6 is 0 Å². The summed E-state index contributed by atoms with van der Waals surface area (Å²) in [6.07, 6.45) is 1.77. The van der Waals surface area contributed by atoms with Crippen LogP contribution in [0.5, 0.6) is 0 Å². The van der Waals surface area contributed by atoms with Crippen molar-refractivity contribution in [3.05, 3.63) is 89.7 Å². The van der Waals surface area contributed by atoms with Crippen molar-refractivity contribution in [1.82, 2.24) is 15.5 Å². The zero-order valence-electron chi connectivity index (χ0n) is 15.6. The molecule has 0 aliphatic heterocycles. The van der Waals surface area contributed by atoms with Crippen LogP contribution in [0.2, 0.25) is 0 Å². The smallest absolute Gasteiger partial charge is 0.132 e. The Morgan fingerprint density at radius 1 is 1.04 bits per heavy atom. The molecule has 3 aromatic rings. The summed E-state index contributed by atoms with van der Waals surface area (Å²) in [6, 6.07) is 23.0. The predicted octanol–water partition coefficient (Wildman–Crippen LogP) is 4.08. The van der Waals surface area contributed by atoms with E-state index in [-0.39, 0.29) is 6.04 Å². The maximum absolute atomic E-state index is 6.52. The molecule has 0 amide bonds. The lowest BCUT2D eigenvalue weighted by Gasteiger charge is -2.33. The SMILES string of the molecule is CNC(COC(C)(c1ccccc1)c1ccn[nH]1)C(C)c1ccccc1. The molecular weight excluding hydrogens is 322 g/mol. The molecule has 0 aliphatic rings. The molecule has 2 aromatic carbocycles. The second-order valence-electron chi connectivity index (χ2n) is 6.78. The van der Waals surface area contributed by atoms with E-state index in [1.807, 2.05) is 37.4 Å². The van der Waals surface area contributed by atoms with Gasteiger partial charge in [-0.25, -0.2) is 0 Å². The quantitative estimate of drug-likeness (QED) is 0.644. The van der Waals surface area contributed by atoms with E-state index in [1.165, 1.54) is 5.56 Å². The first kappa shape index (κ1) is 18.4. The van der Waals surface area contributed by atoms with Crippen molar-refractivity contribution >= 4 is 0 Å². The minimum absolute atomic E-state index is 0.198. The average molecular weight is 349 g/mol. The predicted molar refractivity (Wildman–Crippen MR) is 105 cm³/mol. The maximum Gasteiger partial charge on any atom is 0.132 e. The van der Waals surface area contributed by atoms with Crippen molar-refractivity contribution in [3.8, 4) is 0 Å². The Bertz CT molecular complexity index is 774. The van der Waals surface area contributed by atoms with Crippen molar-refractivity contribution in [2.24, 2.45) is 0 Å². The number of aromatic nitrogens is 2. The highest BCUT2D eigenvalue weighted by atomic mass is 16.5. The zero-order valence-corrected chi connectivity index (χ0v) is 15.6. The van der Waals surface area contributed by atoms with Gasteiger partial charge in [-0.1, -0.05) is 67.6 Å². The number of nitrogens with one attached hydrogen (secondary N) is 2. The van der Waals surface area contributed by atoms with Crippen LogP contribution in [-0.2, 0) is 10.3 Å². The normalized spacial score (nSPS) is 16.0. The zero-order chi connectivity index (χ0) is 18.4. The molecule has 0 bridgehead atoms. The Labute approximate surface area is 155 Å². The fourth-order valence-corrected chi connectivity index (χ4v) is 3.32. The van der Waals surface area contributed by atoms with Gasteiger partial charge in [-0.05, 0) is 37.1 Å². The highest BCUT2D eigenvalue weighted by Gasteiger charge is 2.33. The van der Waals surface area contributed by atoms with E-state index in [9.17, 15) is 0 Å². The van der Waals surface area contributed by atoms with Crippen molar-refractivity contribution in [1.29, 1.82) is 0 Å². The number of rotatable bonds is 8. The Morgan fingerprint density at radius 2 is 1.69 bits per heavy atom. The molecule has 1 aromatic heterocycles. The number of hydrogen-bond donors (Lipinski definition) is 2. The third kappa shape index (κ3) is 3.87. The number of H-pyrrole nitrogens is 1. The summed E-state index contributed by atoms with van der Waals surface area (Å²) >= 11 is 0. The van der Waals surface area contributed by atoms with Gasteiger partial charge in [-0.3, -0.25) is 5.10 Å². The first-order chi connectivity index (χ1) is 12.6. The van der Waals surface area contributed by atoms with Crippen LogP contribution in [0.25, 0.3) is 0 Å². The van der Waals surface area contributed by atoms with E-state index in [4.69, 9.17) is 4.74 Å². The van der Waals surface area contributed by atoms with Crippen LogP contribution < -0.4 is 5.32 Å².